The topological polar surface area (TPSA) is 87.3 Å². The van der Waals surface area contributed by atoms with E-state index in [1.165, 1.54) is 19.3 Å². The molecular weight excluding hydrogens is 378 g/mol. The van der Waals surface area contributed by atoms with Gasteiger partial charge < -0.3 is 16.0 Å². The molecule has 0 saturated heterocycles. The highest BCUT2D eigenvalue weighted by molar-refractivity contribution is 5.88. The van der Waals surface area contributed by atoms with Crippen LogP contribution in [0.25, 0.3) is 0 Å². The van der Waals surface area contributed by atoms with E-state index in [2.05, 4.69) is 48.9 Å². The Kier molecular flexibility index (Phi) is 19.2. The maximum absolute atomic E-state index is 12.5. The van der Waals surface area contributed by atoms with Gasteiger partial charge in [-0.25, -0.2) is 0 Å². The summed E-state index contributed by atoms with van der Waals surface area (Å²) in [5, 5.41) is 8.56. The van der Waals surface area contributed by atoms with E-state index in [1.54, 1.807) is 0 Å². The van der Waals surface area contributed by atoms with Crippen LogP contribution in [0, 0.1) is 0 Å². The smallest absolute Gasteiger partial charge is 0.242 e. The zero-order chi connectivity index (χ0) is 22.5. The van der Waals surface area contributed by atoms with E-state index in [0.29, 0.717) is 25.9 Å². The van der Waals surface area contributed by atoms with Crippen LogP contribution in [0.1, 0.15) is 104 Å². The molecule has 0 aliphatic carbocycles. The van der Waals surface area contributed by atoms with Crippen molar-refractivity contribution in [2.24, 2.45) is 0 Å². The van der Waals surface area contributed by atoms with E-state index in [9.17, 15) is 14.4 Å². The molecular formula is C24H45N3O3. The molecule has 0 spiro atoms. The lowest BCUT2D eigenvalue weighted by Gasteiger charge is -2.18. The number of hydrogen-bond donors (Lipinski definition) is 3. The van der Waals surface area contributed by atoms with Crippen LogP contribution >= 0.6 is 0 Å². The lowest BCUT2D eigenvalue weighted by atomic mass is 10.1. The van der Waals surface area contributed by atoms with Gasteiger partial charge in [-0.3, -0.25) is 14.4 Å². The lowest BCUT2D eigenvalue weighted by Crippen LogP contribution is -2.47. The van der Waals surface area contributed by atoms with Crippen molar-refractivity contribution < 1.29 is 14.4 Å². The van der Waals surface area contributed by atoms with E-state index in [4.69, 9.17) is 0 Å². The van der Waals surface area contributed by atoms with E-state index in [1.807, 2.05) is 0 Å². The molecule has 174 valence electrons. The van der Waals surface area contributed by atoms with Crippen molar-refractivity contribution in [3.8, 4) is 0 Å². The molecule has 6 heteroatoms. The third-order valence-corrected chi connectivity index (χ3v) is 4.91. The molecule has 0 fully saturated rings. The summed E-state index contributed by atoms with van der Waals surface area (Å²) in [5.74, 6) is -0.400. The Morgan fingerprint density at radius 2 is 1.30 bits per heavy atom. The van der Waals surface area contributed by atoms with Crippen molar-refractivity contribution in [3.05, 3.63) is 12.2 Å². The largest absolute Gasteiger partial charge is 0.356 e. The fraction of sp³-hybridized carbons (Fsp3) is 0.792. The van der Waals surface area contributed by atoms with Crippen LogP contribution in [-0.2, 0) is 14.4 Å². The minimum Gasteiger partial charge on any atom is -0.356 e. The Balaban J connectivity index is 4.37. The SMILES string of the molecule is CCCCC/C=C/CCCC(=O)N[C@@H](CCC(=O)NCCCC)C(=O)NCCCC. The van der Waals surface area contributed by atoms with Gasteiger partial charge in [0.1, 0.15) is 6.04 Å². The zero-order valence-electron chi connectivity index (χ0n) is 19.6. The van der Waals surface area contributed by atoms with Crippen LogP contribution < -0.4 is 16.0 Å². The van der Waals surface area contributed by atoms with E-state index in [-0.39, 0.29) is 24.1 Å². The van der Waals surface area contributed by atoms with Crippen molar-refractivity contribution >= 4 is 17.7 Å². The Bertz CT molecular complexity index is 492. The van der Waals surface area contributed by atoms with Crippen molar-refractivity contribution in [2.45, 2.75) is 110 Å². The van der Waals surface area contributed by atoms with Crippen LogP contribution in [-0.4, -0.2) is 36.9 Å². The number of hydrogen-bond acceptors (Lipinski definition) is 3. The molecule has 0 aromatic heterocycles. The molecule has 30 heavy (non-hydrogen) atoms. The second-order valence-corrected chi connectivity index (χ2v) is 7.87. The van der Waals surface area contributed by atoms with E-state index >= 15 is 0 Å². The average molecular weight is 424 g/mol. The minimum absolute atomic E-state index is 0.0720. The number of nitrogens with one attached hydrogen (secondary N) is 3. The Morgan fingerprint density at radius 1 is 0.700 bits per heavy atom. The molecule has 0 radical (unpaired) electrons. The molecule has 0 aliphatic heterocycles. The van der Waals surface area contributed by atoms with Crippen LogP contribution in [0.5, 0.6) is 0 Å². The van der Waals surface area contributed by atoms with Gasteiger partial charge in [-0.15, -0.1) is 0 Å². The molecule has 0 aromatic rings. The molecule has 0 rings (SSSR count). The second kappa shape index (κ2) is 20.4. The Morgan fingerprint density at radius 3 is 1.93 bits per heavy atom. The van der Waals surface area contributed by atoms with Gasteiger partial charge >= 0.3 is 0 Å². The standard InChI is InChI=1S/C24H45N3O3/c1-4-7-10-11-12-13-14-15-16-23(29)27-21(24(30)26-20-9-6-3)17-18-22(28)25-19-8-5-2/h12-13,21H,4-11,14-20H2,1-3H3,(H,25,28)(H,26,30)(H,27,29)/b13-12+/t21-/m0/s1. The highest BCUT2D eigenvalue weighted by atomic mass is 16.2. The van der Waals surface area contributed by atoms with E-state index in [0.717, 1.165) is 44.9 Å². The number of allylic oxidation sites excluding steroid dienone is 2. The van der Waals surface area contributed by atoms with Gasteiger partial charge in [0, 0.05) is 25.9 Å². The van der Waals surface area contributed by atoms with Gasteiger partial charge in [-0.2, -0.15) is 0 Å². The minimum atomic E-state index is -0.657. The summed E-state index contributed by atoms with van der Waals surface area (Å²) in [5.41, 5.74) is 0. The molecule has 0 aliphatic rings. The van der Waals surface area contributed by atoms with E-state index < -0.39 is 6.04 Å². The summed E-state index contributed by atoms with van der Waals surface area (Å²) in [4.78, 5) is 36.7. The second-order valence-electron chi connectivity index (χ2n) is 7.87. The maximum atomic E-state index is 12.5. The molecule has 0 unspecified atom stereocenters. The fourth-order valence-corrected chi connectivity index (χ4v) is 2.94. The van der Waals surface area contributed by atoms with Gasteiger partial charge in [-0.1, -0.05) is 58.6 Å². The van der Waals surface area contributed by atoms with Gasteiger partial charge in [0.2, 0.25) is 17.7 Å². The van der Waals surface area contributed by atoms with Crippen molar-refractivity contribution in [2.75, 3.05) is 13.1 Å². The van der Waals surface area contributed by atoms with Gasteiger partial charge in [0.15, 0.2) is 0 Å². The monoisotopic (exact) mass is 423 g/mol. The molecule has 1 atom stereocenters. The van der Waals surface area contributed by atoms with Crippen LogP contribution in [0.2, 0.25) is 0 Å². The number of unbranched alkanes of at least 4 members (excludes halogenated alkanes) is 6. The summed E-state index contributed by atoms with van der Waals surface area (Å²) >= 11 is 0. The average Bonchev–Trinajstić information content (AvgIpc) is 2.73. The predicted molar refractivity (Wildman–Crippen MR) is 124 cm³/mol. The predicted octanol–water partition coefficient (Wildman–Crippen LogP) is 4.39. The van der Waals surface area contributed by atoms with Crippen LogP contribution in [0.3, 0.4) is 0 Å². The Hall–Kier alpha value is -1.85. The van der Waals surface area contributed by atoms with Gasteiger partial charge in [0.25, 0.3) is 0 Å². The summed E-state index contributed by atoms with van der Waals surface area (Å²) in [6.07, 6.45) is 15.5. The first-order valence-electron chi connectivity index (χ1n) is 12.0. The molecule has 0 bridgehead atoms. The van der Waals surface area contributed by atoms with Crippen molar-refractivity contribution in [3.63, 3.8) is 0 Å². The molecule has 0 saturated carbocycles. The highest BCUT2D eigenvalue weighted by Crippen LogP contribution is 2.04. The summed E-state index contributed by atoms with van der Waals surface area (Å²) in [6, 6.07) is -0.657. The zero-order valence-corrected chi connectivity index (χ0v) is 19.6. The van der Waals surface area contributed by atoms with Crippen LogP contribution in [0.4, 0.5) is 0 Å². The van der Waals surface area contributed by atoms with Crippen molar-refractivity contribution in [1.29, 1.82) is 0 Å². The first-order chi connectivity index (χ1) is 14.5. The summed E-state index contributed by atoms with van der Waals surface area (Å²) in [6.45, 7) is 7.57. The maximum Gasteiger partial charge on any atom is 0.242 e. The van der Waals surface area contributed by atoms with Crippen molar-refractivity contribution in [1.82, 2.24) is 16.0 Å². The molecule has 0 aromatic carbocycles. The molecule has 0 heterocycles. The molecule has 3 amide bonds. The molecule has 3 N–H and O–H groups in total. The third-order valence-electron chi connectivity index (χ3n) is 4.91. The number of amides is 3. The quantitative estimate of drug-likeness (QED) is 0.213. The normalized spacial score (nSPS) is 12.0. The highest BCUT2D eigenvalue weighted by Gasteiger charge is 2.21. The summed E-state index contributed by atoms with van der Waals surface area (Å²) < 4.78 is 0. The number of rotatable bonds is 19. The Labute approximate surface area is 184 Å². The summed E-state index contributed by atoms with van der Waals surface area (Å²) in [7, 11) is 0. The van der Waals surface area contributed by atoms with Crippen LogP contribution in [0.15, 0.2) is 12.2 Å². The van der Waals surface area contributed by atoms with Gasteiger partial charge in [-0.05, 0) is 44.9 Å². The number of carbonyl (C=O) groups is 3. The first-order valence-corrected chi connectivity index (χ1v) is 12.0. The number of carbonyl (C=O) groups excluding carboxylic acids is 3. The lowest BCUT2D eigenvalue weighted by molar-refractivity contribution is -0.129. The molecule has 6 nitrogen and oxygen atoms in total. The first kappa shape index (κ1) is 28.1. The fourth-order valence-electron chi connectivity index (χ4n) is 2.94. The third kappa shape index (κ3) is 17.0. The van der Waals surface area contributed by atoms with Gasteiger partial charge in [0.05, 0.1) is 0 Å².